The molecule has 0 fully saturated rings. The molecule has 0 amide bonds. The molecule has 16 heavy (non-hydrogen) atoms. The summed E-state index contributed by atoms with van der Waals surface area (Å²) in [5.74, 6) is -0.227. The molecule has 4 heteroatoms. The monoisotopic (exact) mass is 236 g/mol. The maximum absolute atomic E-state index is 13.0. The molecule has 0 spiro atoms. The molecule has 1 atom stereocenters. The standard InChI is InChI=1S/C12H13FN2S/c1-7-5-9(13)3-4-10(7)11(14)12-8(2)15-6-16-12/h3-6,11H,14H2,1-2H3. The fraction of sp³-hybridized carbons (Fsp3) is 0.250. The molecule has 0 aliphatic heterocycles. The first kappa shape index (κ1) is 11.2. The van der Waals surface area contributed by atoms with Crippen LogP contribution in [0.5, 0.6) is 0 Å². The Hall–Kier alpha value is -1.26. The van der Waals surface area contributed by atoms with Crippen LogP contribution in [0.15, 0.2) is 23.7 Å². The highest BCUT2D eigenvalue weighted by atomic mass is 32.1. The number of hydrogen-bond acceptors (Lipinski definition) is 3. The van der Waals surface area contributed by atoms with Gasteiger partial charge in [0.25, 0.3) is 0 Å². The molecule has 1 unspecified atom stereocenters. The Labute approximate surface area is 97.9 Å². The number of benzene rings is 1. The summed E-state index contributed by atoms with van der Waals surface area (Å²) in [5.41, 5.74) is 10.7. The number of aryl methyl sites for hydroxylation is 2. The predicted molar refractivity (Wildman–Crippen MR) is 64.0 cm³/mol. The molecular weight excluding hydrogens is 223 g/mol. The lowest BCUT2D eigenvalue weighted by molar-refractivity contribution is 0.625. The third-order valence-electron chi connectivity index (χ3n) is 2.63. The van der Waals surface area contributed by atoms with E-state index in [0.29, 0.717) is 0 Å². The van der Waals surface area contributed by atoms with E-state index < -0.39 is 0 Å². The number of aromatic nitrogens is 1. The van der Waals surface area contributed by atoms with E-state index >= 15 is 0 Å². The zero-order chi connectivity index (χ0) is 11.7. The van der Waals surface area contributed by atoms with Crippen LogP contribution in [0.25, 0.3) is 0 Å². The lowest BCUT2D eigenvalue weighted by Crippen LogP contribution is -2.13. The van der Waals surface area contributed by atoms with E-state index in [2.05, 4.69) is 4.98 Å². The third kappa shape index (κ3) is 1.99. The quantitative estimate of drug-likeness (QED) is 0.870. The van der Waals surface area contributed by atoms with Crippen LogP contribution in [0.1, 0.15) is 27.7 Å². The Balaban J connectivity index is 2.41. The van der Waals surface area contributed by atoms with Crippen molar-refractivity contribution in [3.63, 3.8) is 0 Å². The van der Waals surface area contributed by atoms with Gasteiger partial charge < -0.3 is 5.73 Å². The largest absolute Gasteiger partial charge is 0.320 e. The Morgan fingerprint density at radius 2 is 2.12 bits per heavy atom. The van der Waals surface area contributed by atoms with Crippen LogP contribution in [-0.2, 0) is 0 Å². The van der Waals surface area contributed by atoms with Crippen molar-refractivity contribution in [2.75, 3.05) is 0 Å². The lowest BCUT2D eigenvalue weighted by atomic mass is 10.00. The van der Waals surface area contributed by atoms with Crippen LogP contribution in [0.2, 0.25) is 0 Å². The summed E-state index contributed by atoms with van der Waals surface area (Å²) >= 11 is 1.54. The van der Waals surface area contributed by atoms with Gasteiger partial charge in [0.1, 0.15) is 5.82 Å². The molecule has 84 valence electrons. The summed E-state index contributed by atoms with van der Waals surface area (Å²) in [6.45, 7) is 3.80. The first-order valence-electron chi connectivity index (χ1n) is 5.01. The van der Waals surface area contributed by atoms with Crippen molar-refractivity contribution in [1.82, 2.24) is 4.98 Å². The van der Waals surface area contributed by atoms with Crippen LogP contribution in [-0.4, -0.2) is 4.98 Å². The Bertz CT molecular complexity index is 507. The molecule has 2 N–H and O–H groups in total. The van der Waals surface area contributed by atoms with Crippen molar-refractivity contribution in [2.45, 2.75) is 19.9 Å². The van der Waals surface area contributed by atoms with Crippen molar-refractivity contribution < 1.29 is 4.39 Å². The van der Waals surface area contributed by atoms with Gasteiger partial charge in [0.2, 0.25) is 0 Å². The topological polar surface area (TPSA) is 38.9 Å². The van der Waals surface area contributed by atoms with Gasteiger partial charge in [-0.25, -0.2) is 9.37 Å². The van der Waals surface area contributed by atoms with Crippen molar-refractivity contribution >= 4 is 11.3 Å². The van der Waals surface area contributed by atoms with Crippen molar-refractivity contribution in [3.05, 3.63) is 51.2 Å². The van der Waals surface area contributed by atoms with Gasteiger partial charge >= 0.3 is 0 Å². The van der Waals surface area contributed by atoms with E-state index in [9.17, 15) is 4.39 Å². The van der Waals surface area contributed by atoms with Crippen LogP contribution in [0.3, 0.4) is 0 Å². The molecule has 0 saturated carbocycles. The fourth-order valence-corrected chi connectivity index (χ4v) is 2.56. The Kier molecular flexibility index (Phi) is 3.03. The molecule has 1 heterocycles. The van der Waals surface area contributed by atoms with E-state index in [1.165, 1.54) is 23.5 Å². The minimum atomic E-state index is -0.227. The maximum Gasteiger partial charge on any atom is 0.123 e. The van der Waals surface area contributed by atoms with Gasteiger partial charge in [-0.2, -0.15) is 0 Å². The Morgan fingerprint density at radius 1 is 1.38 bits per heavy atom. The van der Waals surface area contributed by atoms with Crippen molar-refractivity contribution in [3.8, 4) is 0 Å². The van der Waals surface area contributed by atoms with E-state index in [1.807, 2.05) is 13.8 Å². The summed E-state index contributed by atoms with van der Waals surface area (Å²) in [6.07, 6.45) is 0. The van der Waals surface area contributed by atoms with Crippen LogP contribution >= 0.6 is 11.3 Å². The van der Waals surface area contributed by atoms with Crippen LogP contribution < -0.4 is 5.73 Å². The average molecular weight is 236 g/mol. The minimum Gasteiger partial charge on any atom is -0.320 e. The molecule has 2 aromatic rings. The average Bonchev–Trinajstić information content (AvgIpc) is 2.63. The van der Waals surface area contributed by atoms with E-state index in [-0.39, 0.29) is 11.9 Å². The van der Waals surface area contributed by atoms with Crippen molar-refractivity contribution in [1.29, 1.82) is 0 Å². The van der Waals surface area contributed by atoms with E-state index in [1.54, 1.807) is 11.6 Å². The normalized spacial score (nSPS) is 12.8. The first-order chi connectivity index (χ1) is 7.59. The highest BCUT2D eigenvalue weighted by Gasteiger charge is 2.15. The van der Waals surface area contributed by atoms with Crippen LogP contribution in [0.4, 0.5) is 4.39 Å². The van der Waals surface area contributed by atoms with Gasteiger partial charge in [-0.05, 0) is 37.1 Å². The van der Waals surface area contributed by atoms with Crippen LogP contribution in [0, 0.1) is 19.7 Å². The molecule has 2 nitrogen and oxygen atoms in total. The SMILES string of the molecule is Cc1cc(F)ccc1C(N)c1scnc1C. The van der Waals surface area contributed by atoms with Gasteiger partial charge in [-0.1, -0.05) is 6.07 Å². The van der Waals surface area contributed by atoms with Gasteiger partial charge in [0.05, 0.1) is 17.2 Å². The van der Waals surface area contributed by atoms with Gasteiger partial charge in [0, 0.05) is 4.88 Å². The Morgan fingerprint density at radius 3 is 2.69 bits per heavy atom. The van der Waals surface area contributed by atoms with E-state index in [0.717, 1.165) is 21.7 Å². The number of nitrogens with zero attached hydrogens (tertiary/aromatic N) is 1. The summed E-state index contributed by atoms with van der Waals surface area (Å²) in [4.78, 5) is 5.21. The van der Waals surface area contributed by atoms with E-state index in [4.69, 9.17) is 5.73 Å². The molecule has 1 aromatic heterocycles. The number of nitrogens with two attached hydrogens (primary N) is 1. The highest BCUT2D eigenvalue weighted by Crippen LogP contribution is 2.27. The number of rotatable bonds is 2. The second-order valence-electron chi connectivity index (χ2n) is 3.78. The third-order valence-corrected chi connectivity index (χ3v) is 3.65. The summed E-state index contributed by atoms with van der Waals surface area (Å²) in [6, 6.07) is 4.48. The second kappa shape index (κ2) is 4.31. The number of thiazole rings is 1. The summed E-state index contributed by atoms with van der Waals surface area (Å²) in [5, 5.41) is 0. The van der Waals surface area contributed by atoms with Crippen molar-refractivity contribution in [2.24, 2.45) is 5.73 Å². The minimum absolute atomic E-state index is 0.215. The molecule has 0 bridgehead atoms. The zero-order valence-corrected chi connectivity index (χ0v) is 10.0. The summed E-state index contributed by atoms with van der Waals surface area (Å²) < 4.78 is 13.0. The molecule has 0 aliphatic rings. The summed E-state index contributed by atoms with van der Waals surface area (Å²) in [7, 11) is 0. The van der Waals surface area contributed by atoms with Gasteiger partial charge in [-0.15, -0.1) is 11.3 Å². The molecule has 1 aromatic carbocycles. The predicted octanol–water partition coefficient (Wildman–Crippen LogP) is 2.95. The van der Waals surface area contributed by atoms with Gasteiger partial charge in [0.15, 0.2) is 0 Å². The molecule has 0 aliphatic carbocycles. The molecule has 0 saturated heterocycles. The lowest BCUT2D eigenvalue weighted by Gasteiger charge is -2.13. The second-order valence-corrected chi connectivity index (χ2v) is 4.67. The maximum atomic E-state index is 13.0. The number of hydrogen-bond donors (Lipinski definition) is 1. The van der Waals surface area contributed by atoms with Gasteiger partial charge in [-0.3, -0.25) is 0 Å². The molecule has 0 radical (unpaired) electrons. The molecular formula is C12H13FN2S. The highest BCUT2D eigenvalue weighted by molar-refractivity contribution is 7.09. The smallest absolute Gasteiger partial charge is 0.123 e. The zero-order valence-electron chi connectivity index (χ0n) is 9.20. The first-order valence-corrected chi connectivity index (χ1v) is 5.89. The molecule has 2 rings (SSSR count). The fourth-order valence-electron chi connectivity index (χ4n) is 1.74. The number of halogens is 1.